The first-order valence-electron chi connectivity index (χ1n) is 11.1. The predicted molar refractivity (Wildman–Crippen MR) is 133 cm³/mol. The van der Waals surface area contributed by atoms with Gasteiger partial charge in [0.15, 0.2) is 11.5 Å². The van der Waals surface area contributed by atoms with Gasteiger partial charge in [-0.3, -0.25) is 0 Å². The van der Waals surface area contributed by atoms with Crippen LogP contribution in [0.25, 0.3) is 17.1 Å². The second-order valence-corrected chi connectivity index (χ2v) is 15.7. The standard InChI is InChI=1S/C24H29ClF2N4OSi/c1-5-16-6-7-21(27)19(10-16)22-12-18(26)14-30(22)24-20-11-17(25)13-28-23(20)31(29-24)15-32-8-9-33(2,3)4/h5-7,10-11,13,18,22H,1,8-9,12,14-15H2,2-4H3/t18-,22+/m0/s1. The van der Waals surface area contributed by atoms with Crippen molar-refractivity contribution in [3.05, 3.63) is 59.0 Å². The molecule has 0 unspecified atom stereocenters. The van der Waals surface area contributed by atoms with Crippen LogP contribution in [0.4, 0.5) is 14.6 Å². The summed E-state index contributed by atoms with van der Waals surface area (Å²) in [4.78, 5) is 6.27. The minimum absolute atomic E-state index is 0.109. The molecule has 3 aromatic rings. The van der Waals surface area contributed by atoms with Crippen LogP contribution in [0.5, 0.6) is 0 Å². The number of halogens is 3. The number of nitrogens with zero attached hydrogens (tertiary/aromatic N) is 4. The molecule has 33 heavy (non-hydrogen) atoms. The number of fused-ring (bicyclic) bond motifs is 1. The summed E-state index contributed by atoms with van der Waals surface area (Å²) in [5.41, 5.74) is 1.81. The maximum absolute atomic E-state index is 14.8. The third kappa shape index (κ3) is 5.28. The lowest BCUT2D eigenvalue weighted by atomic mass is 10.0. The van der Waals surface area contributed by atoms with E-state index in [0.717, 1.165) is 11.6 Å². The Hall–Kier alpha value is -2.29. The largest absolute Gasteiger partial charge is 0.359 e. The summed E-state index contributed by atoms with van der Waals surface area (Å²) < 4.78 is 37.0. The number of rotatable bonds is 8. The Bertz CT molecular complexity index is 1160. The molecule has 2 aromatic heterocycles. The van der Waals surface area contributed by atoms with Crippen molar-refractivity contribution in [2.75, 3.05) is 18.1 Å². The van der Waals surface area contributed by atoms with Crippen molar-refractivity contribution >= 4 is 42.6 Å². The Morgan fingerprint density at radius 1 is 1.30 bits per heavy atom. The van der Waals surface area contributed by atoms with E-state index in [1.54, 1.807) is 35.2 Å². The van der Waals surface area contributed by atoms with Gasteiger partial charge in [0.25, 0.3) is 0 Å². The highest BCUT2D eigenvalue weighted by atomic mass is 35.5. The van der Waals surface area contributed by atoms with Gasteiger partial charge in [-0.2, -0.15) is 5.10 Å². The van der Waals surface area contributed by atoms with E-state index >= 15 is 0 Å². The zero-order valence-electron chi connectivity index (χ0n) is 19.2. The summed E-state index contributed by atoms with van der Waals surface area (Å²) in [5, 5.41) is 5.87. The highest BCUT2D eigenvalue weighted by Gasteiger charge is 2.37. The van der Waals surface area contributed by atoms with Crippen LogP contribution in [0.3, 0.4) is 0 Å². The van der Waals surface area contributed by atoms with E-state index in [-0.39, 0.29) is 25.5 Å². The van der Waals surface area contributed by atoms with E-state index in [1.807, 2.05) is 4.90 Å². The quantitative estimate of drug-likeness (QED) is 0.268. The monoisotopic (exact) mass is 490 g/mol. The van der Waals surface area contributed by atoms with Gasteiger partial charge in [0.05, 0.1) is 23.0 Å². The molecule has 1 aromatic carbocycles. The summed E-state index contributed by atoms with van der Waals surface area (Å²) in [7, 11) is -1.22. The molecule has 0 N–H and O–H groups in total. The normalized spacial score (nSPS) is 18.9. The van der Waals surface area contributed by atoms with Crippen LogP contribution >= 0.6 is 11.6 Å². The summed E-state index contributed by atoms with van der Waals surface area (Å²) in [6.45, 7) is 11.6. The maximum atomic E-state index is 14.8. The molecule has 1 aliphatic rings. The molecular formula is C24H29ClF2N4OSi. The number of hydrogen-bond acceptors (Lipinski definition) is 4. The number of benzene rings is 1. The van der Waals surface area contributed by atoms with E-state index in [2.05, 4.69) is 31.2 Å². The van der Waals surface area contributed by atoms with Crippen LogP contribution in [-0.2, 0) is 11.5 Å². The molecule has 1 saturated heterocycles. The molecule has 1 aliphatic heterocycles. The van der Waals surface area contributed by atoms with Gasteiger partial charge >= 0.3 is 0 Å². The smallest absolute Gasteiger partial charge is 0.162 e. The number of ether oxygens (including phenoxy) is 1. The van der Waals surface area contributed by atoms with Crippen molar-refractivity contribution in [2.24, 2.45) is 0 Å². The van der Waals surface area contributed by atoms with Crippen molar-refractivity contribution in [1.82, 2.24) is 14.8 Å². The van der Waals surface area contributed by atoms with Gasteiger partial charge in [-0.05, 0) is 29.8 Å². The third-order valence-electron chi connectivity index (χ3n) is 5.88. The number of hydrogen-bond donors (Lipinski definition) is 0. The Balaban J connectivity index is 1.70. The van der Waals surface area contributed by atoms with Crippen molar-refractivity contribution < 1.29 is 13.5 Å². The Labute approximate surface area is 199 Å². The number of anilines is 1. The lowest BCUT2D eigenvalue weighted by Gasteiger charge is -2.25. The molecular weight excluding hydrogens is 462 g/mol. The highest BCUT2D eigenvalue weighted by molar-refractivity contribution is 6.76. The fourth-order valence-corrected chi connectivity index (χ4v) is 5.02. The minimum atomic E-state index is -1.22. The minimum Gasteiger partial charge on any atom is -0.359 e. The van der Waals surface area contributed by atoms with Crippen molar-refractivity contribution in [3.63, 3.8) is 0 Å². The summed E-state index contributed by atoms with van der Waals surface area (Å²) in [6, 6.07) is 7.08. The molecule has 5 nitrogen and oxygen atoms in total. The van der Waals surface area contributed by atoms with Crippen LogP contribution in [0.1, 0.15) is 23.6 Å². The molecule has 0 saturated carbocycles. The number of aromatic nitrogens is 3. The molecule has 0 amide bonds. The van der Waals surface area contributed by atoms with Crippen LogP contribution in [-0.4, -0.2) is 42.2 Å². The van der Waals surface area contributed by atoms with Gasteiger partial charge in [0.1, 0.15) is 18.7 Å². The molecule has 0 spiro atoms. The van der Waals surface area contributed by atoms with Gasteiger partial charge < -0.3 is 9.64 Å². The molecule has 9 heteroatoms. The third-order valence-corrected chi connectivity index (χ3v) is 7.79. The fourth-order valence-electron chi connectivity index (χ4n) is 4.11. The SMILES string of the molecule is C=Cc1ccc(F)c([C@H]2C[C@H](F)CN2c2nn(COCC[Si](C)(C)C)c3ncc(Cl)cc23)c1. The Morgan fingerprint density at radius 2 is 2.09 bits per heavy atom. The second kappa shape index (κ2) is 9.52. The topological polar surface area (TPSA) is 43.2 Å². The lowest BCUT2D eigenvalue weighted by Crippen LogP contribution is -2.25. The highest BCUT2D eigenvalue weighted by Crippen LogP contribution is 2.41. The van der Waals surface area contributed by atoms with Crippen molar-refractivity contribution in [2.45, 2.75) is 51.1 Å². The van der Waals surface area contributed by atoms with Crippen molar-refractivity contribution in [1.29, 1.82) is 0 Å². The van der Waals surface area contributed by atoms with E-state index in [4.69, 9.17) is 21.4 Å². The average molecular weight is 491 g/mol. The van der Waals surface area contributed by atoms with Crippen LogP contribution in [0.15, 0.2) is 37.0 Å². The number of alkyl halides is 1. The molecule has 2 atom stereocenters. The zero-order valence-corrected chi connectivity index (χ0v) is 20.9. The first-order chi connectivity index (χ1) is 15.7. The van der Waals surface area contributed by atoms with Gasteiger partial charge in [0.2, 0.25) is 0 Å². The van der Waals surface area contributed by atoms with E-state index < -0.39 is 20.3 Å². The lowest BCUT2D eigenvalue weighted by molar-refractivity contribution is 0.0814. The first kappa shape index (κ1) is 23.9. The predicted octanol–water partition coefficient (Wildman–Crippen LogP) is 6.47. The summed E-state index contributed by atoms with van der Waals surface area (Å²) in [5.74, 6) is 0.154. The van der Waals surface area contributed by atoms with Gasteiger partial charge in [-0.25, -0.2) is 18.4 Å². The van der Waals surface area contributed by atoms with Gasteiger partial charge in [0, 0.05) is 32.9 Å². The van der Waals surface area contributed by atoms with Gasteiger partial charge in [-0.1, -0.05) is 50.0 Å². The van der Waals surface area contributed by atoms with Gasteiger partial charge in [-0.15, -0.1) is 0 Å². The molecule has 0 aliphatic carbocycles. The molecule has 0 radical (unpaired) electrons. The summed E-state index contributed by atoms with van der Waals surface area (Å²) in [6.07, 6.45) is 2.27. The van der Waals surface area contributed by atoms with Crippen molar-refractivity contribution in [3.8, 4) is 0 Å². The molecule has 1 fully saturated rings. The zero-order chi connectivity index (χ0) is 23.8. The van der Waals surface area contributed by atoms with E-state index in [1.165, 1.54) is 6.07 Å². The number of pyridine rings is 1. The average Bonchev–Trinajstić information content (AvgIpc) is 3.30. The molecule has 4 rings (SSSR count). The molecule has 3 heterocycles. The first-order valence-corrected chi connectivity index (χ1v) is 15.2. The van der Waals surface area contributed by atoms with Crippen LogP contribution in [0, 0.1) is 5.82 Å². The van der Waals surface area contributed by atoms with E-state index in [0.29, 0.717) is 34.0 Å². The fraction of sp³-hybridized carbons (Fsp3) is 0.417. The molecule has 176 valence electrons. The van der Waals surface area contributed by atoms with E-state index in [9.17, 15) is 8.78 Å². The van der Waals surface area contributed by atoms with Crippen LogP contribution in [0.2, 0.25) is 30.7 Å². The maximum Gasteiger partial charge on any atom is 0.162 e. The Morgan fingerprint density at radius 3 is 2.82 bits per heavy atom. The summed E-state index contributed by atoms with van der Waals surface area (Å²) >= 11 is 6.24. The van der Waals surface area contributed by atoms with Crippen LogP contribution < -0.4 is 4.90 Å². The second-order valence-electron chi connectivity index (χ2n) is 9.68. The Kier molecular flexibility index (Phi) is 6.88. The molecule has 0 bridgehead atoms.